The fourth-order valence-corrected chi connectivity index (χ4v) is 9.51. The molecule has 0 amide bonds. The predicted octanol–water partition coefficient (Wildman–Crippen LogP) is 14.5. The monoisotopic (exact) mass is 735 g/mol. The molecule has 0 spiro atoms. The summed E-state index contributed by atoms with van der Waals surface area (Å²) in [5.74, 6) is 0. The van der Waals surface area contributed by atoms with Gasteiger partial charge in [0, 0.05) is 38.3 Å². The number of nitrogens with zero attached hydrogens (tertiary/aromatic N) is 3. The van der Waals surface area contributed by atoms with Crippen molar-refractivity contribution in [2.75, 3.05) is 0 Å². The highest BCUT2D eigenvalue weighted by Crippen LogP contribution is 2.41. The highest BCUT2D eigenvalue weighted by molar-refractivity contribution is 6.27. The van der Waals surface area contributed by atoms with Crippen LogP contribution in [0, 0.1) is 11.3 Å². The number of nitriles is 1. The van der Waals surface area contributed by atoms with Crippen molar-refractivity contribution in [2.45, 2.75) is 0 Å². The van der Waals surface area contributed by atoms with Gasteiger partial charge in [-0.15, -0.1) is 0 Å². The normalized spacial score (nSPS) is 11.8. The Labute approximate surface area is 334 Å². The standard InChI is InChI=1S/C55H33N3/c56-34-39-30-38(31-50-44-16-5-4-14-42(44)43-15-6-7-19-47(43)55(39)50)37-24-22-35(23-25-37)36-26-28-41(29-27-36)58-52-21-11-9-18-46(52)49-32-48-45-17-8-10-20-51(45)57(53(48)33-54(49)58)40-12-2-1-3-13-40/h1-33H. The van der Waals surface area contributed by atoms with Gasteiger partial charge in [-0.1, -0.05) is 140 Å². The van der Waals surface area contributed by atoms with Gasteiger partial charge in [-0.25, -0.2) is 0 Å². The number of fused-ring (bicyclic) bond motifs is 12. The van der Waals surface area contributed by atoms with Crippen LogP contribution in [0.5, 0.6) is 0 Å². The molecule has 0 atom stereocenters. The van der Waals surface area contributed by atoms with E-state index in [1.807, 2.05) is 6.07 Å². The average molecular weight is 736 g/mol. The van der Waals surface area contributed by atoms with E-state index in [9.17, 15) is 5.26 Å². The van der Waals surface area contributed by atoms with Crippen molar-refractivity contribution in [3.05, 3.63) is 206 Å². The van der Waals surface area contributed by atoms with Gasteiger partial charge in [0.05, 0.1) is 33.7 Å². The SMILES string of the molecule is N#Cc1cc(-c2ccc(-c3ccc(-n4c5ccccc5c5cc6c7ccccc7n(-c7ccccc7)c6cc54)cc3)cc2)cc2c3ccccc3c3ccccc3c12. The molecule has 12 aromatic rings. The molecule has 0 N–H and O–H groups in total. The molecule has 2 heterocycles. The molecule has 3 heteroatoms. The molecule has 10 aromatic carbocycles. The lowest BCUT2D eigenvalue weighted by Crippen LogP contribution is -1.95. The summed E-state index contributed by atoms with van der Waals surface area (Å²) < 4.78 is 4.80. The van der Waals surface area contributed by atoms with E-state index in [4.69, 9.17) is 0 Å². The molecule has 0 radical (unpaired) electrons. The van der Waals surface area contributed by atoms with Crippen molar-refractivity contribution in [1.82, 2.24) is 9.13 Å². The zero-order chi connectivity index (χ0) is 38.3. The first-order valence-electron chi connectivity index (χ1n) is 19.7. The summed E-state index contributed by atoms with van der Waals surface area (Å²) in [6, 6.07) is 74.4. The van der Waals surface area contributed by atoms with Gasteiger partial charge in [-0.05, 0) is 110 Å². The Kier molecular flexibility index (Phi) is 6.99. The van der Waals surface area contributed by atoms with Crippen LogP contribution in [0.25, 0.3) is 110 Å². The second kappa shape index (κ2) is 12.5. The number of para-hydroxylation sites is 3. The van der Waals surface area contributed by atoms with E-state index in [0.29, 0.717) is 5.56 Å². The third-order valence-electron chi connectivity index (χ3n) is 12.1. The molecule has 58 heavy (non-hydrogen) atoms. The summed E-state index contributed by atoms with van der Waals surface area (Å²) in [4.78, 5) is 0. The molecule has 2 aromatic heterocycles. The van der Waals surface area contributed by atoms with E-state index in [0.717, 1.165) is 55.2 Å². The topological polar surface area (TPSA) is 33.6 Å². The molecule has 0 saturated heterocycles. The lowest BCUT2D eigenvalue weighted by atomic mass is 9.89. The van der Waals surface area contributed by atoms with Crippen LogP contribution < -0.4 is 0 Å². The largest absolute Gasteiger partial charge is 0.309 e. The van der Waals surface area contributed by atoms with E-state index in [1.54, 1.807) is 0 Å². The second-order valence-corrected chi connectivity index (χ2v) is 15.2. The van der Waals surface area contributed by atoms with E-state index < -0.39 is 0 Å². The van der Waals surface area contributed by atoms with Crippen molar-refractivity contribution >= 4 is 75.9 Å². The molecule has 3 nitrogen and oxygen atoms in total. The molecule has 0 bridgehead atoms. The number of hydrogen-bond acceptors (Lipinski definition) is 1. The minimum Gasteiger partial charge on any atom is -0.309 e. The highest BCUT2D eigenvalue weighted by atomic mass is 15.0. The van der Waals surface area contributed by atoms with Gasteiger partial charge in [0.1, 0.15) is 0 Å². The third-order valence-corrected chi connectivity index (χ3v) is 12.1. The summed E-state index contributed by atoms with van der Waals surface area (Å²) in [5, 5.41) is 22.2. The number of aromatic nitrogens is 2. The van der Waals surface area contributed by atoms with E-state index in [1.165, 1.54) is 54.4 Å². The molecule has 0 aliphatic carbocycles. The van der Waals surface area contributed by atoms with Gasteiger partial charge in [-0.3, -0.25) is 0 Å². The Balaban J connectivity index is 0.959. The number of rotatable bonds is 4. The summed E-state index contributed by atoms with van der Waals surface area (Å²) in [7, 11) is 0. The molecule has 0 fully saturated rings. The van der Waals surface area contributed by atoms with E-state index in [-0.39, 0.29) is 0 Å². The fraction of sp³-hybridized carbons (Fsp3) is 0. The summed E-state index contributed by atoms with van der Waals surface area (Å²) in [6.07, 6.45) is 0. The van der Waals surface area contributed by atoms with E-state index >= 15 is 0 Å². The molecule has 0 saturated carbocycles. The minimum atomic E-state index is 0.696. The van der Waals surface area contributed by atoms with Gasteiger partial charge in [0.25, 0.3) is 0 Å². The zero-order valence-electron chi connectivity index (χ0n) is 31.4. The van der Waals surface area contributed by atoms with Crippen LogP contribution in [0.4, 0.5) is 0 Å². The maximum atomic E-state index is 10.4. The maximum absolute atomic E-state index is 10.4. The minimum absolute atomic E-state index is 0.696. The van der Waals surface area contributed by atoms with Crippen molar-refractivity contribution in [1.29, 1.82) is 5.26 Å². The van der Waals surface area contributed by atoms with Gasteiger partial charge >= 0.3 is 0 Å². The van der Waals surface area contributed by atoms with Crippen LogP contribution >= 0.6 is 0 Å². The number of benzene rings is 10. The van der Waals surface area contributed by atoms with Gasteiger partial charge in [0.2, 0.25) is 0 Å². The molecule has 268 valence electrons. The molecule has 0 aliphatic heterocycles. The molecule has 0 unspecified atom stereocenters. The molecule has 0 aliphatic rings. The highest BCUT2D eigenvalue weighted by Gasteiger charge is 2.19. The van der Waals surface area contributed by atoms with Crippen LogP contribution in [-0.2, 0) is 0 Å². The quantitative estimate of drug-likeness (QED) is 0.166. The van der Waals surface area contributed by atoms with Crippen LogP contribution in [-0.4, -0.2) is 9.13 Å². The van der Waals surface area contributed by atoms with E-state index in [2.05, 4.69) is 209 Å². The smallest absolute Gasteiger partial charge is 0.0998 e. The average Bonchev–Trinajstić information content (AvgIpc) is 3.80. The van der Waals surface area contributed by atoms with Crippen molar-refractivity contribution < 1.29 is 0 Å². The van der Waals surface area contributed by atoms with Gasteiger partial charge in [0.15, 0.2) is 0 Å². The summed E-state index contributed by atoms with van der Waals surface area (Å²) in [6.45, 7) is 0. The molecular formula is C55H33N3. The molecule has 12 rings (SSSR count). The predicted molar refractivity (Wildman–Crippen MR) is 243 cm³/mol. The van der Waals surface area contributed by atoms with Gasteiger partial charge < -0.3 is 9.13 Å². The lowest BCUT2D eigenvalue weighted by molar-refractivity contribution is 1.16. The fourth-order valence-electron chi connectivity index (χ4n) is 9.51. The van der Waals surface area contributed by atoms with Crippen LogP contribution in [0.3, 0.4) is 0 Å². The maximum Gasteiger partial charge on any atom is 0.0998 e. The summed E-state index contributed by atoms with van der Waals surface area (Å²) >= 11 is 0. The first kappa shape index (κ1) is 32.3. The third kappa shape index (κ3) is 4.73. The van der Waals surface area contributed by atoms with Crippen molar-refractivity contribution in [3.63, 3.8) is 0 Å². The summed E-state index contributed by atoms with van der Waals surface area (Å²) in [5.41, 5.74) is 12.1. The Morgan fingerprint density at radius 3 is 1.29 bits per heavy atom. The first-order valence-corrected chi connectivity index (χ1v) is 19.7. The Hall–Kier alpha value is -7.93. The zero-order valence-corrected chi connectivity index (χ0v) is 31.4. The van der Waals surface area contributed by atoms with Gasteiger partial charge in [-0.2, -0.15) is 5.26 Å². The molecular weight excluding hydrogens is 703 g/mol. The number of hydrogen-bond donors (Lipinski definition) is 0. The van der Waals surface area contributed by atoms with Crippen LogP contribution in [0.15, 0.2) is 200 Å². The Morgan fingerprint density at radius 1 is 0.293 bits per heavy atom. The lowest BCUT2D eigenvalue weighted by Gasteiger charge is -2.14. The Bertz CT molecular complexity index is 3660. The Morgan fingerprint density at radius 2 is 0.724 bits per heavy atom. The van der Waals surface area contributed by atoms with Crippen molar-refractivity contribution in [2.24, 2.45) is 0 Å². The van der Waals surface area contributed by atoms with Crippen molar-refractivity contribution in [3.8, 4) is 39.7 Å². The second-order valence-electron chi connectivity index (χ2n) is 15.2. The van der Waals surface area contributed by atoms with Crippen LogP contribution in [0.2, 0.25) is 0 Å². The van der Waals surface area contributed by atoms with Crippen LogP contribution in [0.1, 0.15) is 5.56 Å². The first-order chi connectivity index (χ1) is 28.7.